The van der Waals surface area contributed by atoms with E-state index in [0.29, 0.717) is 42.3 Å². The summed E-state index contributed by atoms with van der Waals surface area (Å²) in [4.78, 5) is 24.8. The number of benzene rings is 2. The van der Waals surface area contributed by atoms with E-state index in [2.05, 4.69) is 33.0 Å². The number of nitrogens with zero attached hydrogens (tertiary/aromatic N) is 3. The fraction of sp³-hybridized carbons (Fsp3) is 0.292. The Bertz CT molecular complexity index is 1190. The standard InChI is InChI=1S/C24H25IN4O3/c1-15(19-7-9-20(10-8-19)17(3)30)26-23(31)22-16(2)27-28-11-12-29(32,24(22)28)14-18-5-4-6-21(25)13-18/h4-10,13,15,32H,11-12,14H2,1-3H3/p+1/t15-,29?/m0/s1. The van der Waals surface area contributed by atoms with Gasteiger partial charge in [-0.25, -0.2) is 9.89 Å². The summed E-state index contributed by atoms with van der Waals surface area (Å²) in [5.41, 5.74) is 3.54. The second-order valence-corrected chi connectivity index (χ2v) is 9.56. The molecular formula is C24H26IN4O3+. The average molecular weight is 545 g/mol. The first-order valence-corrected chi connectivity index (χ1v) is 11.6. The van der Waals surface area contributed by atoms with E-state index in [4.69, 9.17) is 0 Å². The van der Waals surface area contributed by atoms with Crippen molar-refractivity contribution < 1.29 is 14.8 Å². The normalized spacial score (nSPS) is 18.3. The zero-order valence-electron chi connectivity index (χ0n) is 18.3. The second-order valence-electron chi connectivity index (χ2n) is 8.31. The number of aromatic nitrogens is 2. The smallest absolute Gasteiger partial charge is 0.272 e. The van der Waals surface area contributed by atoms with Gasteiger partial charge >= 0.3 is 0 Å². The molecule has 166 valence electrons. The van der Waals surface area contributed by atoms with Gasteiger partial charge in [-0.3, -0.25) is 9.59 Å². The van der Waals surface area contributed by atoms with Crippen LogP contribution < -0.4 is 9.96 Å². The van der Waals surface area contributed by atoms with E-state index in [0.717, 1.165) is 14.7 Å². The topological polar surface area (TPSA) is 84.2 Å². The van der Waals surface area contributed by atoms with Crippen molar-refractivity contribution in [1.29, 1.82) is 0 Å². The van der Waals surface area contributed by atoms with Crippen molar-refractivity contribution in [2.24, 2.45) is 0 Å². The van der Waals surface area contributed by atoms with Crippen LogP contribution in [-0.4, -0.2) is 33.2 Å². The third-order valence-electron chi connectivity index (χ3n) is 5.90. The van der Waals surface area contributed by atoms with Gasteiger partial charge in [0.05, 0.1) is 18.3 Å². The Morgan fingerprint density at radius 3 is 2.62 bits per heavy atom. The Labute approximate surface area is 200 Å². The Morgan fingerprint density at radius 2 is 1.97 bits per heavy atom. The van der Waals surface area contributed by atoms with Crippen molar-refractivity contribution in [2.45, 2.75) is 39.9 Å². The number of nitrogens with one attached hydrogen (secondary N) is 1. The Morgan fingerprint density at radius 1 is 1.25 bits per heavy atom. The van der Waals surface area contributed by atoms with E-state index in [1.54, 1.807) is 23.7 Å². The minimum Gasteiger partial charge on any atom is -0.345 e. The summed E-state index contributed by atoms with van der Waals surface area (Å²) < 4.78 is 2.48. The van der Waals surface area contributed by atoms with Crippen LogP contribution >= 0.6 is 22.6 Å². The Kier molecular flexibility index (Phi) is 6.19. The number of hydrogen-bond acceptors (Lipinski definition) is 4. The lowest BCUT2D eigenvalue weighted by Gasteiger charge is -2.25. The van der Waals surface area contributed by atoms with Crippen molar-refractivity contribution in [2.75, 3.05) is 6.54 Å². The quantitative estimate of drug-likeness (QED) is 0.273. The fourth-order valence-corrected chi connectivity index (χ4v) is 4.84. The van der Waals surface area contributed by atoms with Gasteiger partial charge in [-0.05, 0) is 61.1 Å². The van der Waals surface area contributed by atoms with Crippen LogP contribution in [0.25, 0.3) is 0 Å². The molecule has 0 fully saturated rings. The maximum atomic E-state index is 13.3. The third kappa shape index (κ3) is 4.35. The number of halogens is 1. The van der Waals surface area contributed by atoms with Gasteiger partial charge in [0.25, 0.3) is 11.7 Å². The molecule has 0 saturated heterocycles. The second kappa shape index (κ2) is 8.76. The Balaban J connectivity index is 1.59. The number of fused-ring (bicyclic) bond motifs is 1. The molecule has 0 radical (unpaired) electrons. The highest BCUT2D eigenvalue weighted by Gasteiger charge is 2.45. The number of hydrogen-bond donors (Lipinski definition) is 2. The van der Waals surface area contributed by atoms with Crippen LogP contribution in [0, 0.1) is 10.5 Å². The zero-order valence-corrected chi connectivity index (χ0v) is 20.5. The third-order valence-corrected chi connectivity index (χ3v) is 6.57. The van der Waals surface area contributed by atoms with Gasteiger partial charge in [0.1, 0.15) is 18.7 Å². The molecule has 0 saturated carbocycles. The number of carbonyl (C=O) groups is 2. The van der Waals surface area contributed by atoms with Crippen LogP contribution in [0.3, 0.4) is 0 Å². The minimum absolute atomic E-state index is 0.00414. The molecule has 1 aromatic heterocycles. The van der Waals surface area contributed by atoms with Gasteiger partial charge in [0.2, 0.25) is 0 Å². The number of ketones is 1. The van der Waals surface area contributed by atoms with E-state index in [-0.39, 0.29) is 22.4 Å². The molecule has 1 unspecified atom stereocenters. The molecule has 4 rings (SSSR count). The monoisotopic (exact) mass is 545 g/mol. The van der Waals surface area contributed by atoms with Crippen LogP contribution in [0.15, 0.2) is 48.5 Å². The van der Waals surface area contributed by atoms with Crippen LogP contribution in [0.2, 0.25) is 0 Å². The zero-order chi connectivity index (χ0) is 23.0. The molecule has 3 aromatic rings. The molecule has 2 heterocycles. The Hall–Kier alpha value is -2.56. The van der Waals surface area contributed by atoms with E-state index >= 15 is 0 Å². The number of Topliss-reactive ketones (excluding diaryl/α,β-unsaturated/α-hetero) is 1. The minimum atomic E-state index is -0.356. The van der Waals surface area contributed by atoms with Crippen molar-refractivity contribution >= 4 is 40.1 Å². The molecule has 1 amide bonds. The first-order valence-electron chi connectivity index (χ1n) is 10.5. The summed E-state index contributed by atoms with van der Waals surface area (Å²) in [6.45, 7) is 6.58. The lowest BCUT2D eigenvalue weighted by molar-refractivity contribution is -0.0796. The van der Waals surface area contributed by atoms with Crippen molar-refractivity contribution in [1.82, 2.24) is 19.7 Å². The molecule has 1 aliphatic rings. The van der Waals surface area contributed by atoms with Crippen LogP contribution in [0.1, 0.15) is 57.4 Å². The molecule has 0 spiro atoms. The number of aryl methyl sites for hydroxylation is 1. The maximum Gasteiger partial charge on any atom is 0.272 e. The van der Waals surface area contributed by atoms with Crippen LogP contribution in [0.5, 0.6) is 0 Å². The van der Waals surface area contributed by atoms with Crippen molar-refractivity contribution in [3.8, 4) is 0 Å². The first-order chi connectivity index (χ1) is 15.2. The van der Waals surface area contributed by atoms with Gasteiger partial charge in [-0.1, -0.05) is 36.4 Å². The summed E-state index contributed by atoms with van der Waals surface area (Å²) in [5, 5.41) is 19.1. The molecule has 0 aliphatic carbocycles. The fourth-order valence-electron chi connectivity index (χ4n) is 4.23. The number of hydroxylamine groups is 2. The molecule has 2 aromatic carbocycles. The number of quaternary nitrogens is 1. The molecule has 7 nitrogen and oxygen atoms in total. The molecule has 8 heteroatoms. The molecule has 32 heavy (non-hydrogen) atoms. The van der Waals surface area contributed by atoms with Gasteiger partial charge in [-0.2, -0.15) is 5.10 Å². The van der Waals surface area contributed by atoms with Crippen molar-refractivity contribution in [3.63, 3.8) is 0 Å². The van der Waals surface area contributed by atoms with Gasteiger partial charge in [0.15, 0.2) is 5.78 Å². The summed E-state index contributed by atoms with van der Waals surface area (Å²) in [6.07, 6.45) is 0. The molecule has 1 aliphatic heterocycles. The van der Waals surface area contributed by atoms with Crippen LogP contribution in [-0.2, 0) is 13.1 Å². The number of carbonyl (C=O) groups excluding carboxylic acids is 2. The van der Waals surface area contributed by atoms with E-state index in [1.165, 1.54) is 6.92 Å². The highest BCUT2D eigenvalue weighted by molar-refractivity contribution is 14.1. The SMILES string of the molecule is CC(=O)c1ccc([C@H](C)NC(=O)c2c(C)nn3c2[N+](O)(Cc2cccc(I)c2)CC3)cc1. The summed E-state index contributed by atoms with van der Waals surface area (Å²) in [5.74, 6) is 0.260. The average Bonchev–Trinajstić information content (AvgIpc) is 3.24. The summed E-state index contributed by atoms with van der Waals surface area (Å²) in [7, 11) is 0. The molecule has 0 bridgehead atoms. The number of rotatable bonds is 6. The number of amides is 1. The highest BCUT2D eigenvalue weighted by atomic mass is 127. The van der Waals surface area contributed by atoms with E-state index in [9.17, 15) is 14.8 Å². The van der Waals surface area contributed by atoms with Crippen LogP contribution in [0.4, 0.5) is 5.82 Å². The predicted molar refractivity (Wildman–Crippen MR) is 131 cm³/mol. The van der Waals surface area contributed by atoms with E-state index < -0.39 is 0 Å². The van der Waals surface area contributed by atoms with Gasteiger partial charge in [0, 0.05) is 14.7 Å². The van der Waals surface area contributed by atoms with E-state index in [1.807, 2.05) is 43.3 Å². The lowest BCUT2D eigenvalue weighted by Crippen LogP contribution is -2.44. The molecule has 2 atom stereocenters. The van der Waals surface area contributed by atoms with Crippen molar-refractivity contribution in [3.05, 3.63) is 80.0 Å². The molecular weight excluding hydrogens is 519 g/mol. The summed E-state index contributed by atoms with van der Waals surface area (Å²) in [6, 6.07) is 14.9. The van der Waals surface area contributed by atoms with Gasteiger partial charge < -0.3 is 5.32 Å². The maximum absolute atomic E-state index is 13.3. The predicted octanol–water partition coefficient (Wildman–Crippen LogP) is 4.40. The summed E-state index contributed by atoms with van der Waals surface area (Å²) >= 11 is 2.25. The first kappa shape index (κ1) is 22.6. The molecule has 2 N–H and O–H groups in total. The van der Waals surface area contributed by atoms with Gasteiger partial charge in [-0.15, -0.1) is 4.65 Å². The largest absolute Gasteiger partial charge is 0.345 e. The lowest BCUT2D eigenvalue weighted by atomic mass is 10.0. The highest BCUT2D eigenvalue weighted by Crippen LogP contribution is 2.35.